The van der Waals surface area contributed by atoms with Gasteiger partial charge in [-0.2, -0.15) is 5.10 Å². The van der Waals surface area contributed by atoms with Crippen LogP contribution in [0.1, 0.15) is 30.1 Å². The van der Waals surface area contributed by atoms with Gasteiger partial charge in [0, 0.05) is 68.1 Å². The lowest BCUT2D eigenvalue weighted by molar-refractivity contribution is 0.102. The van der Waals surface area contributed by atoms with Gasteiger partial charge >= 0.3 is 0 Å². The number of fused-ring (bicyclic) bond motifs is 2. The van der Waals surface area contributed by atoms with Crippen molar-refractivity contribution in [2.24, 2.45) is 7.05 Å². The Morgan fingerprint density at radius 3 is 2.84 bits per heavy atom. The molecule has 5 rings (SSSR count). The molecule has 4 heterocycles. The molecule has 2 N–H and O–H groups in total. The molecule has 1 saturated heterocycles. The van der Waals surface area contributed by atoms with Crippen LogP contribution in [0.25, 0.3) is 16.6 Å². The van der Waals surface area contributed by atoms with Gasteiger partial charge in [0.1, 0.15) is 5.52 Å². The zero-order chi connectivity index (χ0) is 22.2. The highest BCUT2D eigenvalue weighted by molar-refractivity contribution is 6.13. The molecule has 0 aliphatic carbocycles. The minimum absolute atomic E-state index is 0.220. The molecule has 32 heavy (non-hydrogen) atoms. The quantitative estimate of drug-likeness (QED) is 0.503. The summed E-state index contributed by atoms with van der Waals surface area (Å²) in [7, 11) is 1.85. The van der Waals surface area contributed by atoms with Gasteiger partial charge in [0.05, 0.1) is 11.3 Å². The Kier molecular flexibility index (Phi) is 5.26. The molecule has 1 amide bonds. The fourth-order valence-corrected chi connectivity index (χ4v) is 4.54. The van der Waals surface area contributed by atoms with E-state index < -0.39 is 5.82 Å². The number of amides is 1. The number of benzene rings is 1. The van der Waals surface area contributed by atoms with Gasteiger partial charge in [-0.15, -0.1) is 0 Å². The minimum atomic E-state index is -0.493. The van der Waals surface area contributed by atoms with Crippen LogP contribution < -0.4 is 15.5 Å². The number of pyridine rings is 1. The van der Waals surface area contributed by atoms with Crippen LogP contribution >= 0.6 is 0 Å². The number of hydrogen-bond donors (Lipinski definition) is 2. The first-order chi connectivity index (χ1) is 15.5. The van der Waals surface area contributed by atoms with Gasteiger partial charge in [-0.1, -0.05) is 6.92 Å². The number of anilines is 2. The van der Waals surface area contributed by atoms with Gasteiger partial charge in [0.2, 0.25) is 0 Å². The Balaban J connectivity index is 1.43. The Morgan fingerprint density at radius 2 is 2.06 bits per heavy atom. The zero-order valence-corrected chi connectivity index (χ0v) is 18.2. The van der Waals surface area contributed by atoms with Crippen molar-refractivity contribution in [2.45, 2.75) is 25.8 Å². The molecule has 0 saturated carbocycles. The van der Waals surface area contributed by atoms with Crippen LogP contribution in [0.2, 0.25) is 0 Å². The maximum absolute atomic E-state index is 14.3. The second-order valence-corrected chi connectivity index (χ2v) is 8.21. The molecule has 1 aromatic carbocycles. The number of piperidine rings is 1. The number of imidazole rings is 1. The first-order valence-electron chi connectivity index (χ1n) is 10.9. The molecule has 0 bridgehead atoms. The topological polar surface area (TPSA) is 79.5 Å². The van der Waals surface area contributed by atoms with Crippen LogP contribution in [0.4, 0.5) is 15.8 Å². The summed E-state index contributed by atoms with van der Waals surface area (Å²) in [4.78, 5) is 19.4. The number of halogens is 1. The molecule has 4 aromatic rings. The number of hydrogen-bond acceptors (Lipinski definition) is 5. The number of nitrogens with one attached hydrogen (secondary N) is 2. The molecule has 0 spiro atoms. The van der Waals surface area contributed by atoms with Gasteiger partial charge in [0.15, 0.2) is 11.5 Å². The summed E-state index contributed by atoms with van der Waals surface area (Å²) in [5.41, 5.74) is 2.76. The number of carbonyl (C=O) groups is 1. The SMILES string of the molecule is CCNC1CCN(c2ccc(C(=O)Nc3cc(F)c4nccn4c3)c3nn(C)cc23)CC1. The summed E-state index contributed by atoms with van der Waals surface area (Å²) in [5.74, 6) is -0.822. The number of aryl methyl sites for hydroxylation is 1. The third kappa shape index (κ3) is 3.69. The Morgan fingerprint density at radius 1 is 1.25 bits per heavy atom. The first kappa shape index (κ1) is 20.4. The summed E-state index contributed by atoms with van der Waals surface area (Å²) in [6.45, 7) is 5.03. The van der Waals surface area contributed by atoms with Crippen molar-refractivity contribution in [3.63, 3.8) is 0 Å². The van der Waals surface area contributed by atoms with Crippen LogP contribution in [0.5, 0.6) is 0 Å². The van der Waals surface area contributed by atoms with E-state index in [2.05, 4.69) is 32.5 Å². The predicted octanol–water partition coefficient (Wildman–Crippen LogP) is 3.19. The van der Waals surface area contributed by atoms with Crippen LogP contribution in [-0.4, -0.2) is 50.7 Å². The molecule has 3 aromatic heterocycles. The van der Waals surface area contributed by atoms with Crippen molar-refractivity contribution in [3.8, 4) is 0 Å². The third-order valence-corrected chi connectivity index (χ3v) is 6.04. The molecule has 0 unspecified atom stereocenters. The summed E-state index contributed by atoms with van der Waals surface area (Å²) >= 11 is 0. The lowest BCUT2D eigenvalue weighted by Gasteiger charge is -2.34. The van der Waals surface area contributed by atoms with Crippen molar-refractivity contribution in [1.29, 1.82) is 0 Å². The number of carbonyl (C=O) groups excluding carboxylic acids is 1. The second-order valence-electron chi connectivity index (χ2n) is 8.21. The summed E-state index contributed by atoms with van der Waals surface area (Å²) in [6, 6.07) is 5.63. The van der Waals surface area contributed by atoms with Crippen LogP contribution in [0.15, 0.2) is 43.0 Å². The van der Waals surface area contributed by atoms with E-state index in [1.54, 1.807) is 21.5 Å². The molecule has 9 heteroatoms. The molecule has 1 aliphatic rings. The van der Waals surface area contributed by atoms with E-state index in [-0.39, 0.29) is 11.6 Å². The smallest absolute Gasteiger partial charge is 0.257 e. The van der Waals surface area contributed by atoms with Crippen molar-refractivity contribution >= 4 is 33.8 Å². The lowest BCUT2D eigenvalue weighted by Crippen LogP contribution is -2.42. The van der Waals surface area contributed by atoms with E-state index >= 15 is 0 Å². The second kappa shape index (κ2) is 8.23. The molecular formula is C23H26FN7O. The van der Waals surface area contributed by atoms with E-state index in [1.165, 1.54) is 12.3 Å². The molecule has 1 fully saturated rings. The maximum atomic E-state index is 14.3. The Labute approximate surface area is 185 Å². The number of nitrogens with zero attached hydrogens (tertiary/aromatic N) is 5. The minimum Gasteiger partial charge on any atom is -0.371 e. The molecule has 0 radical (unpaired) electrons. The van der Waals surface area contributed by atoms with Crippen LogP contribution in [0.3, 0.4) is 0 Å². The van der Waals surface area contributed by atoms with Crippen LogP contribution in [-0.2, 0) is 7.05 Å². The molecule has 0 atom stereocenters. The molecular weight excluding hydrogens is 409 g/mol. The highest BCUT2D eigenvalue weighted by Crippen LogP contribution is 2.31. The van der Waals surface area contributed by atoms with Gasteiger partial charge in [-0.3, -0.25) is 9.48 Å². The maximum Gasteiger partial charge on any atom is 0.257 e. The summed E-state index contributed by atoms with van der Waals surface area (Å²) in [5, 5.41) is 11.8. The predicted molar refractivity (Wildman–Crippen MR) is 123 cm³/mol. The van der Waals surface area contributed by atoms with Crippen molar-refractivity contribution in [3.05, 3.63) is 54.4 Å². The molecule has 1 aliphatic heterocycles. The summed E-state index contributed by atoms with van der Waals surface area (Å²) < 4.78 is 17.5. The largest absolute Gasteiger partial charge is 0.371 e. The highest BCUT2D eigenvalue weighted by atomic mass is 19.1. The average molecular weight is 436 g/mol. The zero-order valence-electron chi connectivity index (χ0n) is 18.2. The fraction of sp³-hybridized carbons (Fsp3) is 0.348. The molecule has 166 valence electrons. The van der Waals surface area contributed by atoms with E-state index in [1.807, 2.05) is 25.4 Å². The lowest BCUT2D eigenvalue weighted by atomic mass is 10.0. The van der Waals surface area contributed by atoms with E-state index in [9.17, 15) is 9.18 Å². The van der Waals surface area contributed by atoms with Gasteiger partial charge in [-0.25, -0.2) is 9.37 Å². The monoisotopic (exact) mass is 435 g/mol. The van der Waals surface area contributed by atoms with Crippen molar-refractivity contribution in [2.75, 3.05) is 29.9 Å². The van der Waals surface area contributed by atoms with E-state index in [4.69, 9.17) is 0 Å². The Bertz CT molecular complexity index is 1290. The fourth-order valence-electron chi connectivity index (χ4n) is 4.54. The van der Waals surface area contributed by atoms with Crippen molar-refractivity contribution < 1.29 is 9.18 Å². The highest BCUT2D eigenvalue weighted by Gasteiger charge is 2.23. The molecule has 8 nitrogen and oxygen atoms in total. The van der Waals surface area contributed by atoms with Gasteiger partial charge < -0.3 is 19.9 Å². The first-order valence-corrected chi connectivity index (χ1v) is 10.9. The van der Waals surface area contributed by atoms with Gasteiger partial charge in [-0.05, 0) is 31.5 Å². The third-order valence-electron chi connectivity index (χ3n) is 6.04. The normalized spacial score (nSPS) is 15.0. The number of rotatable bonds is 5. The average Bonchev–Trinajstić information content (AvgIpc) is 3.40. The van der Waals surface area contributed by atoms with Crippen LogP contribution in [0, 0.1) is 5.82 Å². The van der Waals surface area contributed by atoms with E-state index in [0.29, 0.717) is 22.8 Å². The Hall–Kier alpha value is -3.46. The van der Waals surface area contributed by atoms with E-state index in [0.717, 1.165) is 43.5 Å². The van der Waals surface area contributed by atoms with Crippen molar-refractivity contribution in [1.82, 2.24) is 24.5 Å². The standard InChI is InChI=1S/C23H26FN7O/c1-3-25-15-6-9-30(10-7-15)20-5-4-17(21-18(20)14-29(2)28-21)23(32)27-16-12-19(24)22-26-8-11-31(22)13-16/h4-5,8,11-15,25H,3,6-7,9-10H2,1-2H3,(H,27,32). The number of aromatic nitrogens is 4. The van der Waals surface area contributed by atoms with Gasteiger partial charge in [0.25, 0.3) is 5.91 Å². The summed E-state index contributed by atoms with van der Waals surface area (Å²) in [6.07, 6.45) is 8.91.